The zero-order valence-electron chi connectivity index (χ0n) is 16.8. The van der Waals surface area contributed by atoms with Crippen molar-refractivity contribution in [3.63, 3.8) is 0 Å². The van der Waals surface area contributed by atoms with Gasteiger partial charge in [0.1, 0.15) is 17.3 Å². The summed E-state index contributed by atoms with van der Waals surface area (Å²) < 4.78 is 60.7. The molecule has 3 aromatic rings. The summed E-state index contributed by atoms with van der Waals surface area (Å²) in [4.78, 5) is 23.7. The zero-order valence-corrected chi connectivity index (χ0v) is 17.5. The minimum atomic E-state index is -4.88. The maximum atomic E-state index is 13.7. The second kappa shape index (κ2) is 8.70. The van der Waals surface area contributed by atoms with Crippen molar-refractivity contribution in [2.24, 2.45) is 0 Å². The number of amides is 1. The molecule has 1 unspecified atom stereocenters. The number of carbonyl (C=O) groups excluding carboxylic acids is 1. The zero-order chi connectivity index (χ0) is 23.8. The van der Waals surface area contributed by atoms with Crippen molar-refractivity contribution in [1.82, 2.24) is 9.88 Å². The number of ether oxygens (including phenoxy) is 1. The SMILES string of the molecule is CCn1c(C(=O)NC(c2ccc(F)c(Cl)c2)C(F)(F)F)cc2cc(OC(=O)O)c(C)cc21. The van der Waals surface area contributed by atoms with Crippen molar-refractivity contribution in [3.8, 4) is 5.75 Å². The van der Waals surface area contributed by atoms with Crippen LogP contribution in [0.4, 0.5) is 22.4 Å². The summed E-state index contributed by atoms with van der Waals surface area (Å²) in [5.74, 6) is -1.87. The third kappa shape index (κ3) is 4.64. The van der Waals surface area contributed by atoms with E-state index in [9.17, 15) is 27.2 Å². The molecule has 0 saturated carbocycles. The van der Waals surface area contributed by atoms with Gasteiger partial charge in [0.15, 0.2) is 6.04 Å². The molecule has 32 heavy (non-hydrogen) atoms. The van der Waals surface area contributed by atoms with Gasteiger partial charge >= 0.3 is 12.3 Å². The molecule has 1 atom stereocenters. The molecule has 170 valence electrons. The van der Waals surface area contributed by atoms with Gasteiger partial charge in [-0.1, -0.05) is 17.7 Å². The third-order valence-corrected chi connectivity index (χ3v) is 5.11. The second-order valence-electron chi connectivity index (χ2n) is 6.94. The van der Waals surface area contributed by atoms with Gasteiger partial charge in [-0.25, -0.2) is 9.18 Å². The Morgan fingerprint density at radius 3 is 2.47 bits per heavy atom. The number of alkyl halides is 3. The van der Waals surface area contributed by atoms with Crippen molar-refractivity contribution < 1.29 is 37.0 Å². The Bertz CT molecular complexity index is 1210. The predicted octanol–water partition coefficient (Wildman–Crippen LogP) is 5.85. The highest BCUT2D eigenvalue weighted by molar-refractivity contribution is 6.30. The van der Waals surface area contributed by atoms with Crippen LogP contribution in [0, 0.1) is 12.7 Å². The van der Waals surface area contributed by atoms with Gasteiger partial charge < -0.3 is 19.7 Å². The van der Waals surface area contributed by atoms with Crippen LogP contribution < -0.4 is 10.1 Å². The van der Waals surface area contributed by atoms with Crippen molar-refractivity contribution in [1.29, 1.82) is 0 Å². The van der Waals surface area contributed by atoms with Crippen LogP contribution in [0.5, 0.6) is 5.75 Å². The Morgan fingerprint density at radius 1 is 1.22 bits per heavy atom. The lowest BCUT2D eigenvalue weighted by Gasteiger charge is -2.22. The molecule has 0 saturated heterocycles. The van der Waals surface area contributed by atoms with Crippen LogP contribution in [0.1, 0.15) is 34.6 Å². The van der Waals surface area contributed by atoms with E-state index in [1.807, 2.05) is 5.32 Å². The Kier molecular flexibility index (Phi) is 6.36. The van der Waals surface area contributed by atoms with E-state index in [1.54, 1.807) is 19.9 Å². The molecule has 0 radical (unpaired) electrons. The van der Waals surface area contributed by atoms with Gasteiger partial charge in [-0.05, 0) is 55.3 Å². The van der Waals surface area contributed by atoms with E-state index in [2.05, 4.69) is 0 Å². The molecule has 0 aliphatic rings. The number of aromatic nitrogens is 1. The lowest BCUT2D eigenvalue weighted by atomic mass is 10.1. The third-order valence-electron chi connectivity index (χ3n) is 4.82. The van der Waals surface area contributed by atoms with E-state index in [0.29, 0.717) is 16.5 Å². The maximum absolute atomic E-state index is 13.7. The number of carboxylic acid groups (broad SMARTS) is 1. The number of halogens is 5. The molecule has 0 spiro atoms. The summed E-state index contributed by atoms with van der Waals surface area (Å²) in [6.07, 6.45) is -6.40. The van der Waals surface area contributed by atoms with E-state index in [4.69, 9.17) is 21.4 Å². The largest absolute Gasteiger partial charge is 0.511 e. The second-order valence-corrected chi connectivity index (χ2v) is 7.35. The molecule has 1 aromatic heterocycles. The lowest BCUT2D eigenvalue weighted by Crippen LogP contribution is -2.38. The number of fused-ring (bicyclic) bond motifs is 1. The number of carbonyl (C=O) groups is 2. The number of nitrogens with zero attached hydrogens (tertiary/aromatic N) is 1. The summed E-state index contributed by atoms with van der Waals surface area (Å²) >= 11 is 5.62. The van der Waals surface area contributed by atoms with Crippen molar-refractivity contribution in [3.05, 3.63) is 64.1 Å². The van der Waals surface area contributed by atoms with Gasteiger partial charge in [0.25, 0.3) is 5.91 Å². The standard InChI is InChI=1S/C21H17ClF4N2O4/c1-3-28-15-6-10(2)17(32-20(30)31)9-12(15)8-16(28)19(29)27-18(21(24,25)26)11-4-5-14(23)13(22)7-11/h4-9,18H,3H2,1-2H3,(H,27,29)(H,30,31). The first-order chi connectivity index (χ1) is 14.9. The Morgan fingerprint density at radius 2 is 1.91 bits per heavy atom. The van der Waals surface area contributed by atoms with Gasteiger partial charge in [0, 0.05) is 17.4 Å². The normalized spacial score (nSPS) is 12.6. The fraction of sp³-hybridized carbons (Fsp3) is 0.238. The van der Waals surface area contributed by atoms with Gasteiger partial charge in [-0.2, -0.15) is 13.2 Å². The topological polar surface area (TPSA) is 80.6 Å². The molecule has 1 amide bonds. The smallest absolute Gasteiger partial charge is 0.449 e. The van der Waals surface area contributed by atoms with E-state index < -0.39 is 40.7 Å². The van der Waals surface area contributed by atoms with Crippen molar-refractivity contribution in [2.75, 3.05) is 0 Å². The molecule has 0 bridgehead atoms. The molecule has 0 aliphatic carbocycles. The monoisotopic (exact) mass is 472 g/mol. The number of nitrogens with one attached hydrogen (secondary N) is 1. The number of hydrogen-bond acceptors (Lipinski definition) is 3. The molecular formula is C21H17ClF4N2O4. The lowest BCUT2D eigenvalue weighted by molar-refractivity contribution is -0.155. The van der Waals surface area contributed by atoms with E-state index in [-0.39, 0.29) is 18.0 Å². The number of rotatable bonds is 5. The van der Waals surface area contributed by atoms with Gasteiger partial charge in [0.05, 0.1) is 5.02 Å². The van der Waals surface area contributed by atoms with Crippen LogP contribution in [0.25, 0.3) is 10.9 Å². The van der Waals surface area contributed by atoms with Crippen molar-refractivity contribution >= 4 is 34.6 Å². The molecule has 0 aliphatic heterocycles. The molecule has 1 heterocycles. The van der Waals surface area contributed by atoms with Gasteiger partial charge in [0.2, 0.25) is 0 Å². The van der Waals surface area contributed by atoms with Crippen LogP contribution in [0.15, 0.2) is 36.4 Å². The minimum absolute atomic E-state index is 0.0410. The quantitative estimate of drug-likeness (QED) is 0.277. The fourth-order valence-electron chi connectivity index (χ4n) is 3.38. The highest BCUT2D eigenvalue weighted by Gasteiger charge is 2.42. The Balaban J connectivity index is 2.03. The van der Waals surface area contributed by atoms with Crippen LogP contribution in [-0.2, 0) is 6.54 Å². The summed E-state index contributed by atoms with van der Waals surface area (Å²) in [7, 11) is 0. The molecule has 3 rings (SSSR count). The number of benzene rings is 2. The van der Waals surface area contributed by atoms with Crippen molar-refractivity contribution in [2.45, 2.75) is 32.6 Å². The molecule has 6 nitrogen and oxygen atoms in total. The average Bonchev–Trinajstić information content (AvgIpc) is 3.04. The first-order valence-electron chi connectivity index (χ1n) is 9.29. The van der Waals surface area contributed by atoms with Crippen LogP contribution in [-0.4, -0.2) is 27.9 Å². The number of hydrogen-bond donors (Lipinski definition) is 2. The summed E-state index contributed by atoms with van der Waals surface area (Å²) in [6.45, 7) is 3.56. The highest BCUT2D eigenvalue weighted by atomic mass is 35.5. The van der Waals surface area contributed by atoms with Crippen LogP contribution in [0.2, 0.25) is 5.02 Å². The maximum Gasteiger partial charge on any atom is 0.511 e. The summed E-state index contributed by atoms with van der Waals surface area (Å²) in [6, 6.07) is 4.38. The average molecular weight is 473 g/mol. The van der Waals surface area contributed by atoms with E-state index in [0.717, 1.165) is 18.2 Å². The van der Waals surface area contributed by atoms with E-state index in [1.165, 1.54) is 16.7 Å². The first kappa shape index (κ1) is 23.4. The predicted molar refractivity (Wildman–Crippen MR) is 109 cm³/mol. The first-order valence-corrected chi connectivity index (χ1v) is 9.67. The minimum Gasteiger partial charge on any atom is -0.449 e. The molecule has 11 heteroatoms. The highest BCUT2D eigenvalue weighted by Crippen LogP contribution is 2.35. The summed E-state index contributed by atoms with van der Waals surface area (Å²) in [5, 5.41) is 10.7. The van der Waals surface area contributed by atoms with E-state index >= 15 is 0 Å². The fourth-order valence-corrected chi connectivity index (χ4v) is 3.57. The molecular weight excluding hydrogens is 456 g/mol. The van der Waals surface area contributed by atoms with Gasteiger partial charge in [-0.3, -0.25) is 4.79 Å². The molecule has 0 fully saturated rings. The number of aryl methyl sites for hydroxylation is 2. The van der Waals surface area contributed by atoms with Crippen LogP contribution >= 0.6 is 11.6 Å². The summed E-state index contributed by atoms with van der Waals surface area (Å²) in [5.41, 5.74) is 0.483. The molecule has 2 N–H and O–H groups in total. The van der Waals surface area contributed by atoms with Crippen LogP contribution in [0.3, 0.4) is 0 Å². The Hall–Kier alpha value is -3.27. The van der Waals surface area contributed by atoms with Gasteiger partial charge in [-0.15, -0.1) is 0 Å². The Labute approximate surface area is 184 Å². The molecule has 2 aromatic carbocycles.